The summed E-state index contributed by atoms with van der Waals surface area (Å²) >= 11 is 5.42. The first-order valence-electron chi connectivity index (χ1n) is 4.05. The van der Waals surface area contributed by atoms with Gasteiger partial charge in [0.2, 0.25) is 0 Å². The Morgan fingerprint density at radius 3 is 2.64 bits per heavy atom. The van der Waals surface area contributed by atoms with Crippen molar-refractivity contribution in [3.63, 3.8) is 0 Å². The lowest BCUT2D eigenvalue weighted by molar-refractivity contribution is 0.407. The van der Waals surface area contributed by atoms with Gasteiger partial charge in [0.15, 0.2) is 17.4 Å². The van der Waals surface area contributed by atoms with Crippen LogP contribution in [0.25, 0.3) is 6.08 Å². The van der Waals surface area contributed by atoms with Gasteiger partial charge in [-0.25, -0.2) is 4.39 Å². The largest absolute Gasteiger partial charge is 0.505 e. The van der Waals surface area contributed by atoms with Crippen LogP contribution in [0.1, 0.15) is 12.0 Å². The van der Waals surface area contributed by atoms with E-state index >= 15 is 0 Å². The molecule has 14 heavy (non-hydrogen) atoms. The van der Waals surface area contributed by atoms with Crippen molar-refractivity contribution in [3.05, 3.63) is 35.4 Å². The standard InChI is InChI=1S/C10H9ClF2O/c11-4-2-1-3-7-5-8(12)10(13)9(14)6-7/h1,3,5-6,14H,2,4H2. The summed E-state index contributed by atoms with van der Waals surface area (Å²) in [6, 6.07) is 2.17. The molecule has 0 atom stereocenters. The summed E-state index contributed by atoms with van der Waals surface area (Å²) < 4.78 is 25.4. The topological polar surface area (TPSA) is 20.2 Å². The van der Waals surface area contributed by atoms with Crippen LogP contribution < -0.4 is 0 Å². The van der Waals surface area contributed by atoms with Gasteiger partial charge in [-0.2, -0.15) is 4.39 Å². The van der Waals surface area contributed by atoms with Gasteiger partial charge in [-0.3, -0.25) is 0 Å². The Hall–Kier alpha value is -1.09. The van der Waals surface area contributed by atoms with Gasteiger partial charge in [-0.15, -0.1) is 11.6 Å². The molecule has 76 valence electrons. The maximum Gasteiger partial charge on any atom is 0.200 e. The van der Waals surface area contributed by atoms with E-state index in [4.69, 9.17) is 16.7 Å². The quantitative estimate of drug-likeness (QED) is 0.772. The van der Waals surface area contributed by atoms with Crippen molar-refractivity contribution in [1.82, 2.24) is 0 Å². The first-order chi connectivity index (χ1) is 6.65. The number of phenolic OH excluding ortho intramolecular Hbond substituents is 1. The molecule has 4 heteroatoms. The molecule has 0 heterocycles. The maximum atomic E-state index is 12.8. The normalized spacial score (nSPS) is 11.1. The maximum absolute atomic E-state index is 12.8. The van der Waals surface area contributed by atoms with Gasteiger partial charge in [0.1, 0.15) is 0 Å². The van der Waals surface area contributed by atoms with Crippen LogP contribution >= 0.6 is 11.6 Å². The number of hydrogen-bond donors (Lipinski definition) is 1. The molecule has 1 rings (SSSR count). The van der Waals surface area contributed by atoms with E-state index in [-0.39, 0.29) is 0 Å². The molecule has 1 aromatic carbocycles. The highest BCUT2D eigenvalue weighted by molar-refractivity contribution is 6.17. The molecule has 1 nitrogen and oxygen atoms in total. The summed E-state index contributed by atoms with van der Waals surface area (Å²) in [6.45, 7) is 0. The molecule has 0 amide bonds. The van der Waals surface area contributed by atoms with Gasteiger partial charge in [0, 0.05) is 5.88 Å². The summed E-state index contributed by atoms with van der Waals surface area (Å²) in [5.74, 6) is -2.50. The minimum atomic E-state index is -1.22. The van der Waals surface area contributed by atoms with E-state index in [1.165, 1.54) is 0 Å². The summed E-state index contributed by atoms with van der Waals surface area (Å²) in [5, 5.41) is 8.96. The molecule has 0 fully saturated rings. The average molecular weight is 219 g/mol. The molecule has 0 unspecified atom stereocenters. The Kier molecular flexibility index (Phi) is 3.89. The summed E-state index contributed by atoms with van der Waals surface area (Å²) in [6.07, 6.45) is 3.94. The van der Waals surface area contributed by atoms with E-state index in [9.17, 15) is 8.78 Å². The molecule has 1 aromatic rings. The van der Waals surface area contributed by atoms with Gasteiger partial charge in [0.25, 0.3) is 0 Å². The van der Waals surface area contributed by atoms with Crippen molar-refractivity contribution in [1.29, 1.82) is 0 Å². The average Bonchev–Trinajstić information content (AvgIpc) is 2.14. The molecule has 0 aromatic heterocycles. The van der Waals surface area contributed by atoms with Crippen LogP contribution in [0.3, 0.4) is 0 Å². The number of halogens is 3. The second-order valence-electron chi connectivity index (χ2n) is 2.72. The zero-order chi connectivity index (χ0) is 10.6. The van der Waals surface area contributed by atoms with E-state index in [2.05, 4.69) is 0 Å². The van der Waals surface area contributed by atoms with Crippen molar-refractivity contribution in [2.45, 2.75) is 6.42 Å². The lowest BCUT2D eigenvalue weighted by Crippen LogP contribution is -1.86. The predicted molar refractivity (Wildman–Crippen MR) is 52.4 cm³/mol. The third kappa shape index (κ3) is 2.70. The van der Waals surface area contributed by atoms with Crippen molar-refractivity contribution >= 4 is 17.7 Å². The predicted octanol–water partition coefficient (Wildman–Crippen LogP) is 3.31. The number of allylic oxidation sites excluding steroid dienone is 1. The summed E-state index contributed by atoms with van der Waals surface area (Å²) in [5.41, 5.74) is 0.409. The van der Waals surface area contributed by atoms with Crippen molar-refractivity contribution in [2.24, 2.45) is 0 Å². The Morgan fingerprint density at radius 1 is 1.36 bits per heavy atom. The molecular weight excluding hydrogens is 210 g/mol. The SMILES string of the molecule is Oc1cc(C=CCCCl)cc(F)c1F. The molecule has 1 N–H and O–H groups in total. The third-order valence-electron chi connectivity index (χ3n) is 1.62. The lowest BCUT2D eigenvalue weighted by Gasteiger charge is -1.99. The van der Waals surface area contributed by atoms with E-state index in [0.717, 1.165) is 12.1 Å². The molecule has 0 aliphatic heterocycles. The fraction of sp³-hybridized carbons (Fsp3) is 0.200. The second-order valence-corrected chi connectivity index (χ2v) is 3.09. The zero-order valence-corrected chi connectivity index (χ0v) is 8.06. The van der Waals surface area contributed by atoms with Gasteiger partial charge in [-0.1, -0.05) is 12.2 Å². The number of phenols is 1. The smallest absolute Gasteiger partial charge is 0.200 e. The van der Waals surface area contributed by atoms with Gasteiger partial charge >= 0.3 is 0 Å². The minimum Gasteiger partial charge on any atom is -0.505 e. The number of alkyl halides is 1. The van der Waals surface area contributed by atoms with Crippen molar-refractivity contribution in [2.75, 3.05) is 5.88 Å². The van der Waals surface area contributed by atoms with E-state index in [0.29, 0.717) is 17.9 Å². The lowest BCUT2D eigenvalue weighted by atomic mass is 10.2. The van der Waals surface area contributed by atoms with Crippen LogP contribution in [-0.2, 0) is 0 Å². The Labute approximate surface area is 85.6 Å². The van der Waals surface area contributed by atoms with Crippen LogP contribution in [0, 0.1) is 11.6 Å². The van der Waals surface area contributed by atoms with E-state index < -0.39 is 17.4 Å². The molecule has 0 radical (unpaired) electrons. The number of aromatic hydroxyl groups is 1. The number of benzene rings is 1. The van der Waals surface area contributed by atoms with Crippen molar-refractivity contribution in [3.8, 4) is 5.75 Å². The first-order valence-corrected chi connectivity index (χ1v) is 4.59. The van der Waals surface area contributed by atoms with Gasteiger partial charge in [-0.05, 0) is 24.1 Å². The molecule has 0 aliphatic rings. The number of rotatable bonds is 3. The van der Waals surface area contributed by atoms with E-state index in [1.807, 2.05) is 0 Å². The highest BCUT2D eigenvalue weighted by Crippen LogP contribution is 2.21. The highest BCUT2D eigenvalue weighted by atomic mass is 35.5. The van der Waals surface area contributed by atoms with Gasteiger partial charge in [0.05, 0.1) is 0 Å². The molecule has 0 aliphatic carbocycles. The van der Waals surface area contributed by atoms with Gasteiger partial charge < -0.3 is 5.11 Å². The zero-order valence-electron chi connectivity index (χ0n) is 7.30. The minimum absolute atomic E-state index is 0.409. The molecule has 0 saturated heterocycles. The molecule has 0 spiro atoms. The summed E-state index contributed by atoms with van der Waals surface area (Å²) in [4.78, 5) is 0. The van der Waals surface area contributed by atoms with Crippen LogP contribution in [-0.4, -0.2) is 11.0 Å². The van der Waals surface area contributed by atoms with E-state index in [1.54, 1.807) is 12.2 Å². The van der Waals surface area contributed by atoms with Crippen LogP contribution in [0.5, 0.6) is 5.75 Å². The fourth-order valence-corrected chi connectivity index (χ4v) is 1.10. The fourth-order valence-electron chi connectivity index (χ4n) is 0.974. The number of hydrogen-bond acceptors (Lipinski definition) is 1. The summed E-state index contributed by atoms with van der Waals surface area (Å²) in [7, 11) is 0. The molecule has 0 saturated carbocycles. The monoisotopic (exact) mass is 218 g/mol. The second kappa shape index (κ2) is 4.96. The highest BCUT2D eigenvalue weighted by Gasteiger charge is 2.07. The van der Waals surface area contributed by atoms with Crippen LogP contribution in [0.2, 0.25) is 0 Å². The van der Waals surface area contributed by atoms with Crippen LogP contribution in [0.4, 0.5) is 8.78 Å². The molecular formula is C10H9ClF2O. The first kappa shape index (κ1) is 11.0. The molecule has 0 bridgehead atoms. The van der Waals surface area contributed by atoms with Crippen molar-refractivity contribution < 1.29 is 13.9 Å². The van der Waals surface area contributed by atoms with Crippen LogP contribution in [0.15, 0.2) is 18.2 Å². The Morgan fingerprint density at radius 2 is 2.07 bits per heavy atom. The Bertz CT molecular complexity index is 327. The third-order valence-corrected chi connectivity index (χ3v) is 1.84. The Balaban J connectivity index is 2.89.